The van der Waals surface area contributed by atoms with Gasteiger partial charge in [0.05, 0.1) is 0 Å². The van der Waals surface area contributed by atoms with Crippen LogP contribution in [0, 0.1) is 0 Å². The predicted molar refractivity (Wildman–Crippen MR) is 79.5 cm³/mol. The Morgan fingerprint density at radius 2 is 1.63 bits per heavy atom. The zero-order valence-corrected chi connectivity index (χ0v) is 11.8. The van der Waals surface area contributed by atoms with Gasteiger partial charge in [0, 0.05) is 50.3 Å². The Labute approximate surface area is 116 Å². The smallest absolute Gasteiger partial charge is 0.0397 e. The molecule has 1 aliphatic heterocycles. The van der Waals surface area contributed by atoms with Gasteiger partial charge in [-0.3, -0.25) is 9.88 Å². The van der Waals surface area contributed by atoms with Crippen LogP contribution in [0.2, 0.25) is 0 Å². The summed E-state index contributed by atoms with van der Waals surface area (Å²) in [6, 6.07) is 5.14. The zero-order valence-electron chi connectivity index (χ0n) is 11.8. The molecule has 19 heavy (non-hydrogen) atoms. The first-order chi connectivity index (χ1) is 9.43. The number of hydrogen-bond acceptors (Lipinski definition) is 3. The van der Waals surface area contributed by atoms with Gasteiger partial charge >= 0.3 is 0 Å². The van der Waals surface area contributed by atoms with Crippen LogP contribution in [-0.4, -0.2) is 42.1 Å². The Morgan fingerprint density at radius 3 is 2.42 bits per heavy atom. The third kappa shape index (κ3) is 3.27. The van der Waals surface area contributed by atoms with E-state index < -0.39 is 0 Å². The van der Waals surface area contributed by atoms with Crippen LogP contribution in [0.3, 0.4) is 0 Å². The first kappa shape index (κ1) is 12.9. The molecular weight excluding hydrogens is 234 g/mol. The van der Waals surface area contributed by atoms with Gasteiger partial charge in [-0.15, -0.1) is 0 Å². The first-order valence-corrected chi connectivity index (χ1v) is 7.82. The third-order valence-electron chi connectivity index (χ3n) is 4.65. The summed E-state index contributed by atoms with van der Waals surface area (Å²) < 4.78 is 0. The summed E-state index contributed by atoms with van der Waals surface area (Å²) in [5, 5.41) is 0. The molecule has 1 aromatic heterocycles. The van der Waals surface area contributed by atoms with Gasteiger partial charge in [-0.25, -0.2) is 0 Å². The highest BCUT2D eigenvalue weighted by Gasteiger charge is 2.23. The number of rotatable bonds is 2. The fraction of sp³-hybridized carbons (Fsp3) is 0.688. The van der Waals surface area contributed by atoms with Crippen LogP contribution in [0.25, 0.3) is 0 Å². The van der Waals surface area contributed by atoms with Crippen molar-refractivity contribution in [1.29, 1.82) is 0 Å². The topological polar surface area (TPSA) is 19.4 Å². The van der Waals surface area contributed by atoms with E-state index in [-0.39, 0.29) is 0 Å². The summed E-state index contributed by atoms with van der Waals surface area (Å²) >= 11 is 0. The fourth-order valence-electron chi connectivity index (χ4n) is 3.56. The number of hydrogen-bond donors (Lipinski definition) is 0. The highest BCUT2D eigenvalue weighted by atomic mass is 15.2. The summed E-state index contributed by atoms with van der Waals surface area (Å²) in [6.07, 6.45) is 12.3. The standard InChI is InChI=1S/C16H25N3/c1-2-5-15(6-3-1)18-11-4-12-19(14-13-18)16-7-9-17-10-8-16/h7-10,15H,1-6,11-14H2. The van der Waals surface area contributed by atoms with E-state index in [9.17, 15) is 0 Å². The first-order valence-electron chi connectivity index (χ1n) is 7.82. The molecule has 2 fully saturated rings. The molecule has 3 heteroatoms. The molecule has 1 saturated carbocycles. The van der Waals surface area contributed by atoms with Crippen molar-refractivity contribution in [2.24, 2.45) is 0 Å². The van der Waals surface area contributed by atoms with E-state index in [1.54, 1.807) is 0 Å². The van der Waals surface area contributed by atoms with E-state index in [2.05, 4.69) is 26.9 Å². The Bertz CT molecular complexity index is 373. The number of anilines is 1. The van der Waals surface area contributed by atoms with Crippen molar-refractivity contribution in [3.8, 4) is 0 Å². The molecule has 0 unspecified atom stereocenters. The molecule has 0 N–H and O–H groups in total. The second kappa shape index (κ2) is 6.38. The molecule has 2 heterocycles. The third-order valence-corrected chi connectivity index (χ3v) is 4.65. The highest BCUT2D eigenvalue weighted by molar-refractivity contribution is 5.44. The Kier molecular flexibility index (Phi) is 4.34. The van der Waals surface area contributed by atoms with Crippen LogP contribution in [0.1, 0.15) is 38.5 Å². The maximum Gasteiger partial charge on any atom is 0.0397 e. The summed E-state index contributed by atoms with van der Waals surface area (Å²) in [6.45, 7) is 4.87. The molecule has 104 valence electrons. The molecule has 0 aromatic carbocycles. The monoisotopic (exact) mass is 259 g/mol. The van der Waals surface area contributed by atoms with Gasteiger partial charge in [0.2, 0.25) is 0 Å². The van der Waals surface area contributed by atoms with Crippen LogP contribution in [0.4, 0.5) is 5.69 Å². The van der Waals surface area contributed by atoms with Crippen molar-refractivity contribution >= 4 is 5.69 Å². The Hall–Kier alpha value is -1.09. The summed E-state index contributed by atoms with van der Waals surface area (Å²) in [7, 11) is 0. The van der Waals surface area contributed by atoms with Gasteiger partial charge < -0.3 is 4.90 Å². The molecule has 2 aliphatic rings. The lowest BCUT2D eigenvalue weighted by atomic mass is 9.94. The van der Waals surface area contributed by atoms with Gasteiger partial charge in [0.1, 0.15) is 0 Å². The minimum atomic E-state index is 0.867. The number of aromatic nitrogens is 1. The average Bonchev–Trinajstić information content (AvgIpc) is 2.75. The molecule has 0 amide bonds. The van der Waals surface area contributed by atoms with Gasteiger partial charge in [0.15, 0.2) is 0 Å². The minimum absolute atomic E-state index is 0.867. The summed E-state index contributed by atoms with van der Waals surface area (Å²) in [5.74, 6) is 0. The highest BCUT2D eigenvalue weighted by Crippen LogP contribution is 2.24. The summed E-state index contributed by atoms with van der Waals surface area (Å²) in [5.41, 5.74) is 1.33. The molecule has 3 rings (SSSR count). The maximum absolute atomic E-state index is 4.11. The SMILES string of the molecule is c1cc(N2CCCN(C3CCCCC3)CC2)ccn1. The molecule has 0 spiro atoms. The molecule has 0 bridgehead atoms. The van der Waals surface area contributed by atoms with Crippen molar-refractivity contribution in [2.75, 3.05) is 31.1 Å². The van der Waals surface area contributed by atoms with E-state index in [1.165, 1.54) is 70.4 Å². The molecule has 0 atom stereocenters. The van der Waals surface area contributed by atoms with Gasteiger partial charge in [0.25, 0.3) is 0 Å². The normalized spacial score (nSPS) is 23.3. The van der Waals surface area contributed by atoms with E-state index in [0.29, 0.717) is 0 Å². The second-order valence-corrected chi connectivity index (χ2v) is 5.87. The van der Waals surface area contributed by atoms with E-state index in [1.807, 2.05) is 12.4 Å². The average molecular weight is 259 g/mol. The van der Waals surface area contributed by atoms with Crippen molar-refractivity contribution < 1.29 is 0 Å². The van der Waals surface area contributed by atoms with Crippen molar-refractivity contribution in [2.45, 2.75) is 44.6 Å². The molecule has 1 aromatic rings. The van der Waals surface area contributed by atoms with Crippen LogP contribution in [0.5, 0.6) is 0 Å². The Balaban J connectivity index is 1.59. The maximum atomic E-state index is 4.11. The van der Waals surface area contributed by atoms with Crippen molar-refractivity contribution in [1.82, 2.24) is 9.88 Å². The lowest BCUT2D eigenvalue weighted by Gasteiger charge is -2.33. The van der Waals surface area contributed by atoms with Crippen LogP contribution < -0.4 is 4.90 Å². The summed E-state index contributed by atoms with van der Waals surface area (Å²) in [4.78, 5) is 9.38. The van der Waals surface area contributed by atoms with Crippen molar-refractivity contribution in [3.05, 3.63) is 24.5 Å². The van der Waals surface area contributed by atoms with Crippen molar-refractivity contribution in [3.63, 3.8) is 0 Å². The quantitative estimate of drug-likeness (QED) is 0.814. The van der Waals surface area contributed by atoms with Gasteiger partial charge in [-0.2, -0.15) is 0 Å². The number of pyridine rings is 1. The second-order valence-electron chi connectivity index (χ2n) is 5.87. The van der Waals surface area contributed by atoms with E-state index in [4.69, 9.17) is 0 Å². The molecule has 3 nitrogen and oxygen atoms in total. The largest absolute Gasteiger partial charge is 0.370 e. The van der Waals surface area contributed by atoms with Gasteiger partial charge in [-0.1, -0.05) is 19.3 Å². The number of nitrogens with zero attached hydrogens (tertiary/aromatic N) is 3. The minimum Gasteiger partial charge on any atom is -0.370 e. The van der Waals surface area contributed by atoms with Crippen LogP contribution >= 0.6 is 0 Å². The molecule has 1 saturated heterocycles. The molecule has 0 radical (unpaired) electrons. The predicted octanol–water partition coefficient (Wildman–Crippen LogP) is 2.93. The van der Waals surface area contributed by atoms with E-state index in [0.717, 1.165) is 6.04 Å². The fourth-order valence-corrected chi connectivity index (χ4v) is 3.56. The molecule has 1 aliphatic carbocycles. The van der Waals surface area contributed by atoms with Crippen LogP contribution in [0.15, 0.2) is 24.5 Å². The lowest BCUT2D eigenvalue weighted by Crippen LogP contribution is -2.39. The van der Waals surface area contributed by atoms with Crippen LogP contribution in [-0.2, 0) is 0 Å². The zero-order chi connectivity index (χ0) is 12.9. The molecular formula is C16H25N3. The lowest BCUT2D eigenvalue weighted by molar-refractivity contribution is 0.166. The Morgan fingerprint density at radius 1 is 0.842 bits per heavy atom. The van der Waals surface area contributed by atoms with E-state index >= 15 is 0 Å². The van der Waals surface area contributed by atoms with Gasteiger partial charge in [-0.05, 0) is 31.4 Å².